The van der Waals surface area contributed by atoms with Crippen molar-refractivity contribution in [2.24, 2.45) is 5.92 Å². The van der Waals surface area contributed by atoms with Crippen molar-refractivity contribution in [2.75, 3.05) is 37.0 Å². The smallest absolute Gasteiger partial charge is 0.410 e. The van der Waals surface area contributed by atoms with Gasteiger partial charge in [-0.2, -0.15) is 0 Å². The molecule has 0 saturated carbocycles. The number of hydrogen-bond donors (Lipinski definition) is 1. The van der Waals surface area contributed by atoms with Crippen LogP contribution in [0.4, 0.5) is 26.4 Å². The van der Waals surface area contributed by atoms with E-state index in [9.17, 15) is 14.9 Å². The van der Waals surface area contributed by atoms with Gasteiger partial charge in [0, 0.05) is 19.6 Å². The second-order valence-electron chi connectivity index (χ2n) is 9.28. The maximum absolute atomic E-state index is 15.0. The van der Waals surface area contributed by atoms with E-state index in [-0.39, 0.29) is 55.2 Å². The van der Waals surface area contributed by atoms with Gasteiger partial charge in [-0.3, -0.25) is 15.0 Å². The van der Waals surface area contributed by atoms with Crippen LogP contribution in [0.15, 0.2) is 30.5 Å². The summed E-state index contributed by atoms with van der Waals surface area (Å²) in [5.74, 6) is 0.148. The minimum absolute atomic E-state index is 0.00617. The Morgan fingerprint density at radius 3 is 2.49 bits per heavy atom. The van der Waals surface area contributed by atoms with Crippen molar-refractivity contribution >= 4 is 23.3 Å². The van der Waals surface area contributed by atoms with Gasteiger partial charge in [-0.05, 0) is 36.5 Å². The molecule has 11 heteroatoms. The Hall–Kier alpha value is -3.63. The fourth-order valence-electron chi connectivity index (χ4n) is 4.70. The first-order chi connectivity index (χ1) is 16.8. The molecule has 1 aromatic carbocycles. The standard InChI is InChI=1S/C24H30FN5O5/c1-15(2)14-35-24(31)29-17-6-7-18(29)13-28(12-17)21-20(25)11-27-23(22(21)30(32)33)26-10-16-4-8-19(34-3)9-5-16/h4-5,8-9,11,15,17-18H,6-7,10,12-14H2,1-3H3,(H,26,27). The molecule has 35 heavy (non-hydrogen) atoms. The van der Waals surface area contributed by atoms with Crippen molar-refractivity contribution < 1.29 is 23.6 Å². The third-order valence-electron chi connectivity index (χ3n) is 6.33. The highest BCUT2D eigenvalue weighted by atomic mass is 19.1. The van der Waals surface area contributed by atoms with Crippen LogP contribution in [0.1, 0.15) is 32.3 Å². The van der Waals surface area contributed by atoms with Crippen molar-refractivity contribution in [3.05, 3.63) is 52.0 Å². The van der Waals surface area contributed by atoms with Gasteiger partial charge in [0.1, 0.15) is 5.75 Å². The summed E-state index contributed by atoms with van der Waals surface area (Å²) < 4.78 is 25.6. The van der Waals surface area contributed by atoms with E-state index in [0.717, 1.165) is 24.6 Å². The number of piperazine rings is 1. The lowest BCUT2D eigenvalue weighted by Gasteiger charge is -2.41. The van der Waals surface area contributed by atoms with Gasteiger partial charge >= 0.3 is 11.8 Å². The number of nitrogens with zero attached hydrogens (tertiary/aromatic N) is 4. The van der Waals surface area contributed by atoms with Gasteiger partial charge in [0.05, 0.1) is 36.9 Å². The number of ether oxygens (including phenoxy) is 2. The normalized spacial score (nSPS) is 19.1. The molecule has 1 aromatic heterocycles. The Bertz CT molecular complexity index is 1070. The maximum atomic E-state index is 15.0. The number of aromatic nitrogens is 1. The van der Waals surface area contributed by atoms with Crippen LogP contribution in [0.5, 0.6) is 5.75 Å². The summed E-state index contributed by atoms with van der Waals surface area (Å²) in [5, 5.41) is 15.0. The molecular formula is C24H30FN5O5. The Kier molecular flexibility index (Phi) is 7.23. The zero-order chi connectivity index (χ0) is 25.1. The van der Waals surface area contributed by atoms with Crippen LogP contribution in [0.3, 0.4) is 0 Å². The average Bonchev–Trinajstić information content (AvgIpc) is 3.11. The number of amides is 1. The van der Waals surface area contributed by atoms with Crippen LogP contribution in [-0.4, -0.2) is 59.8 Å². The van der Waals surface area contributed by atoms with E-state index in [2.05, 4.69) is 10.3 Å². The minimum Gasteiger partial charge on any atom is -0.497 e. The number of carbonyl (C=O) groups is 1. The first kappa shape index (κ1) is 24.5. The molecule has 0 radical (unpaired) electrons. The molecule has 188 valence electrons. The predicted molar refractivity (Wildman–Crippen MR) is 128 cm³/mol. The summed E-state index contributed by atoms with van der Waals surface area (Å²) in [7, 11) is 1.57. The quantitative estimate of drug-likeness (QED) is 0.436. The first-order valence-electron chi connectivity index (χ1n) is 11.7. The molecule has 10 nitrogen and oxygen atoms in total. The molecule has 2 atom stereocenters. The highest BCUT2D eigenvalue weighted by Gasteiger charge is 2.45. The fourth-order valence-corrected chi connectivity index (χ4v) is 4.70. The number of fused-ring (bicyclic) bond motifs is 2. The van der Waals surface area contributed by atoms with Crippen molar-refractivity contribution in [1.82, 2.24) is 9.88 Å². The number of anilines is 2. The molecule has 2 saturated heterocycles. The Labute approximate surface area is 203 Å². The average molecular weight is 488 g/mol. The second-order valence-corrected chi connectivity index (χ2v) is 9.28. The molecule has 2 aromatic rings. The minimum atomic E-state index is -0.762. The molecule has 1 N–H and O–H groups in total. The Morgan fingerprint density at radius 2 is 1.91 bits per heavy atom. The Morgan fingerprint density at radius 1 is 1.26 bits per heavy atom. The number of nitrogens with one attached hydrogen (secondary N) is 1. The number of rotatable bonds is 8. The lowest BCUT2D eigenvalue weighted by Crippen LogP contribution is -2.56. The molecule has 3 heterocycles. The van der Waals surface area contributed by atoms with Crippen LogP contribution < -0.4 is 15.0 Å². The lowest BCUT2D eigenvalue weighted by atomic mass is 10.1. The van der Waals surface area contributed by atoms with Gasteiger partial charge in [-0.25, -0.2) is 14.2 Å². The number of hydrogen-bond acceptors (Lipinski definition) is 8. The van der Waals surface area contributed by atoms with Crippen molar-refractivity contribution in [2.45, 2.75) is 45.3 Å². The van der Waals surface area contributed by atoms with Crippen LogP contribution in [-0.2, 0) is 11.3 Å². The van der Waals surface area contributed by atoms with E-state index in [4.69, 9.17) is 9.47 Å². The topological polar surface area (TPSA) is 110 Å². The molecular weight excluding hydrogens is 457 g/mol. The highest BCUT2D eigenvalue weighted by molar-refractivity contribution is 5.76. The van der Waals surface area contributed by atoms with Crippen LogP contribution in [0, 0.1) is 21.8 Å². The zero-order valence-electron chi connectivity index (χ0n) is 20.1. The molecule has 1 amide bonds. The molecule has 2 unspecified atom stereocenters. The number of methoxy groups -OCH3 is 1. The van der Waals surface area contributed by atoms with Crippen molar-refractivity contribution in [3.63, 3.8) is 0 Å². The van der Waals surface area contributed by atoms with Gasteiger partial charge in [-0.1, -0.05) is 26.0 Å². The third kappa shape index (κ3) is 5.23. The summed E-state index contributed by atoms with van der Waals surface area (Å²) in [4.78, 5) is 31.5. The maximum Gasteiger partial charge on any atom is 0.410 e. The molecule has 0 spiro atoms. The van der Waals surface area contributed by atoms with Gasteiger partial charge < -0.3 is 19.7 Å². The number of pyridine rings is 1. The lowest BCUT2D eigenvalue weighted by molar-refractivity contribution is -0.383. The monoisotopic (exact) mass is 487 g/mol. The zero-order valence-corrected chi connectivity index (χ0v) is 20.1. The van der Waals surface area contributed by atoms with Crippen LogP contribution in [0.25, 0.3) is 0 Å². The molecule has 4 rings (SSSR count). The largest absolute Gasteiger partial charge is 0.497 e. The van der Waals surface area contributed by atoms with Crippen LogP contribution >= 0.6 is 0 Å². The molecule has 2 bridgehead atoms. The SMILES string of the molecule is COc1ccc(CNc2ncc(F)c(N3CC4CCC(C3)N4C(=O)OCC(C)C)c2[N+](=O)[O-])cc1. The first-order valence-corrected chi connectivity index (χ1v) is 11.7. The molecule has 2 aliphatic heterocycles. The van der Waals surface area contributed by atoms with E-state index in [1.807, 2.05) is 26.0 Å². The fraction of sp³-hybridized carbons (Fsp3) is 0.500. The highest BCUT2D eigenvalue weighted by Crippen LogP contribution is 2.41. The summed E-state index contributed by atoms with van der Waals surface area (Å²) >= 11 is 0. The van der Waals surface area contributed by atoms with Gasteiger partial charge in [0.15, 0.2) is 11.5 Å². The van der Waals surface area contributed by atoms with E-state index >= 15 is 4.39 Å². The van der Waals surface area contributed by atoms with E-state index < -0.39 is 16.4 Å². The Balaban J connectivity index is 1.55. The summed E-state index contributed by atoms with van der Waals surface area (Å²) in [6, 6.07) is 6.84. The van der Waals surface area contributed by atoms with E-state index in [0.29, 0.717) is 12.4 Å². The molecule has 2 fully saturated rings. The third-order valence-corrected chi connectivity index (χ3v) is 6.33. The van der Waals surface area contributed by atoms with Crippen molar-refractivity contribution in [1.29, 1.82) is 0 Å². The molecule has 0 aliphatic carbocycles. The van der Waals surface area contributed by atoms with E-state index in [1.165, 1.54) is 0 Å². The van der Waals surface area contributed by atoms with Gasteiger partial charge in [-0.15, -0.1) is 0 Å². The second kappa shape index (κ2) is 10.3. The number of benzene rings is 1. The number of carbonyl (C=O) groups excluding carboxylic acids is 1. The van der Waals surface area contributed by atoms with Crippen molar-refractivity contribution in [3.8, 4) is 5.75 Å². The number of nitro groups is 1. The van der Waals surface area contributed by atoms with Crippen LogP contribution in [0.2, 0.25) is 0 Å². The summed E-state index contributed by atoms with van der Waals surface area (Å²) in [6.07, 6.45) is 2.10. The molecule has 2 aliphatic rings. The van der Waals surface area contributed by atoms with Gasteiger partial charge in [0.25, 0.3) is 0 Å². The van der Waals surface area contributed by atoms with Gasteiger partial charge in [0.2, 0.25) is 5.82 Å². The van der Waals surface area contributed by atoms with E-state index in [1.54, 1.807) is 29.0 Å². The predicted octanol–water partition coefficient (Wildman–Crippen LogP) is 4.20. The summed E-state index contributed by atoms with van der Waals surface area (Å²) in [5.41, 5.74) is 0.349. The number of halogens is 1. The summed E-state index contributed by atoms with van der Waals surface area (Å²) in [6.45, 7) is 5.09.